The van der Waals surface area contributed by atoms with E-state index in [1.54, 1.807) is 18.2 Å². The highest BCUT2D eigenvalue weighted by Gasteiger charge is 2.30. The van der Waals surface area contributed by atoms with E-state index in [9.17, 15) is 18.0 Å². The number of rotatable bonds is 32. The first-order valence-electron chi connectivity index (χ1n) is 16.4. The van der Waals surface area contributed by atoms with Gasteiger partial charge in [0, 0.05) is 11.0 Å². The fourth-order valence-corrected chi connectivity index (χ4v) is 4.11. The van der Waals surface area contributed by atoms with E-state index in [1.807, 2.05) is 0 Å². The van der Waals surface area contributed by atoms with Crippen molar-refractivity contribution in [1.82, 2.24) is 0 Å². The summed E-state index contributed by atoms with van der Waals surface area (Å²) in [5, 5.41) is 3.68. The number of hydrogen-bond acceptors (Lipinski definition) is 12. The minimum absolute atomic E-state index is 0.000415. The van der Waals surface area contributed by atoms with Crippen LogP contribution >= 0.6 is 15.9 Å². The molecule has 0 saturated heterocycles. The molecule has 0 atom stereocenters. The summed E-state index contributed by atoms with van der Waals surface area (Å²) in [6.45, 7) is 8.22. The van der Waals surface area contributed by atoms with Crippen LogP contribution in [-0.4, -0.2) is 137 Å². The molecular weight excluding hydrogens is 735 g/mol. The molecule has 12 nitrogen and oxygen atoms in total. The Bertz CT molecular complexity index is 1130. The molecule has 0 aromatic heterocycles. The molecular formula is C34H49BrF3NO11. The van der Waals surface area contributed by atoms with Crippen LogP contribution in [0.15, 0.2) is 48.5 Å². The standard InChI is InChI=1S/C34H49BrF3NO11/c35-8-9-41-10-11-42-12-13-43-14-15-44-16-17-45-18-19-46-20-21-47-22-23-48-24-25-49-26-27-50-33(40)31-6-1-2-7-32(31)39-30-5-3-4-29(28-30)34(36,37)38/h1-7,28,39H,8-27H2. The number of ether oxygens (including phenoxy) is 10. The van der Waals surface area contributed by atoms with Crippen LogP contribution in [0.4, 0.5) is 24.5 Å². The van der Waals surface area contributed by atoms with E-state index in [1.165, 1.54) is 18.2 Å². The van der Waals surface area contributed by atoms with Crippen molar-refractivity contribution in [2.45, 2.75) is 6.18 Å². The van der Waals surface area contributed by atoms with Gasteiger partial charge in [-0.05, 0) is 30.3 Å². The summed E-state index contributed by atoms with van der Waals surface area (Å²) in [5.41, 5.74) is -0.0861. The molecule has 0 unspecified atom stereocenters. The Balaban J connectivity index is 1.33. The van der Waals surface area contributed by atoms with Gasteiger partial charge in [0.2, 0.25) is 0 Å². The second-order valence-corrected chi connectivity index (χ2v) is 10.9. The number of carbonyl (C=O) groups excluding carboxylic acids is 1. The molecule has 50 heavy (non-hydrogen) atoms. The van der Waals surface area contributed by atoms with Gasteiger partial charge in [-0.3, -0.25) is 0 Å². The van der Waals surface area contributed by atoms with Crippen LogP contribution in [0.3, 0.4) is 0 Å². The van der Waals surface area contributed by atoms with Gasteiger partial charge in [0.1, 0.15) is 6.61 Å². The van der Waals surface area contributed by atoms with Crippen LogP contribution in [0, 0.1) is 0 Å². The second-order valence-electron chi connectivity index (χ2n) is 10.1. The van der Waals surface area contributed by atoms with Crippen molar-refractivity contribution >= 4 is 33.3 Å². The largest absolute Gasteiger partial charge is 0.460 e. The van der Waals surface area contributed by atoms with Gasteiger partial charge in [0.15, 0.2) is 0 Å². The van der Waals surface area contributed by atoms with Gasteiger partial charge in [-0.1, -0.05) is 34.1 Å². The van der Waals surface area contributed by atoms with E-state index in [4.69, 9.17) is 47.4 Å². The Morgan fingerprint density at radius 3 is 1.36 bits per heavy atom. The summed E-state index contributed by atoms with van der Waals surface area (Å²) in [5.74, 6) is -0.627. The molecule has 0 aliphatic carbocycles. The van der Waals surface area contributed by atoms with E-state index in [0.29, 0.717) is 118 Å². The zero-order valence-corrected chi connectivity index (χ0v) is 29.8. The van der Waals surface area contributed by atoms with Crippen molar-refractivity contribution in [3.8, 4) is 0 Å². The Hall–Kier alpha value is -2.38. The van der Waals surface area contributed by atoms with Crippen molar-refractivity contribution in [3.63, 3.8) is 0 Å². The molecule has 0 amide bonds. The molecule has 0 bridgehead atoms. The molecule has 0 radical (unpaired) electrons. The van der Waals surface area contributed by atoms with Crippen LogP contribution < -0.4 is 5.32 Å². The minimum Gasteiger partial charge on any atom is -0.460 e. The van der Waals surface area contributed by atoms with Crippen LogP contribution in [0.5, 0.6) is 0 Å². The summed E-state index contributed by atoms with van der Waals surface area (Å²) in [7, 11) is 0. The summed E-state index contributed by atoms with van der Waals surface area (Å²) in [4.78, 5) is 12.6. The first-order chi connectivity index (χ1) is 24.4. The predicted molar refractivity (Wildman–Crippen MR) is 183 cm³/mol. The molecule has 0 fully saturated rings. The van der Waals surface area contributed by atoms with Gasteiger partial charge in [0.05, 0.1) is 136 Å². The van der Waals surface area contributed by atoms with Crippen molar-refractivity contribution in [1.29, 1.82) is 0 Å². The molecule has 2 aromatic rings. The lowest BCUT2D eigenvalue weighted by Gasteiger charge is -2.13. The summed E-state index contributed by atoms with van der Waals surface area (Å²) in [6, 6.07) is 11.1. The third-order valence-electron chi connectivity index (χ3n) is 6.27. The number of carbonyl (C=O) groups is 1. The normalized spacial score (nSPS) is 11.6. The lowest BCUT2D eigenvalue weighted by Crippen LogP contribution is -2.16. The Morgan fingerprint density at radius 1 is 0.540 bits per heavy atom. The van der Waals surface area contributed by atoms with Gasteiger partial charge >= 0.3 is 12.1 Å². The Morgan fingerprint density at radius 2 is 0.940 bits per heavy atom. The topological polar surface area (TPSA) is 121 Å². The van der Waals surface area contributed by atoms with Crippen molar-refractivity contribution in [2.75, 3.05) is 136 Å². The molecule has 2 aromatic carbocycles. The first kappa shape index (κ1) is 43.8. The highest BCUT2D eigenvalue weighted by Crippen LogP contribution is 2.32. The van der Waals surface area contributed by atoms with Crippen LogP contribution in [-0.2, 0) is 53.5 Å². The number of anilines is 2. The third kappa shape index (κ3) is 22.4. The molecule has 0 saturated carbocycles. The van der Waals surface area contributed by atoms with Crippen LogP contribution in [0.1, 0.15) is 15.9 Å². The fourth-order valence-electron chi connectivity index (χ4n) is 3.89. The summed E-state index contributed by atoms with van der Waals surface area (Å²) >= 11 is 3.29. The van der Waals surface area contributed by atoms with Crippen molar-refractivity contribution in [3.05, 3.63) is 59.7 Å². The highest BCUT2D eigenvalue weighted by atomic mass is 79.9. The van der Waals surface area contributed by atoms with Gasteiger partial charge in [-0.2, -0.15) is 13.2 Å². The van der Waals surface area contributed by atoms with E-state index in [2.05, 4.69) is 21.2 Å². The molecule has 0 spiro atoms. The average Bonchev–Trinajstić information content (AvgIpc) is 3.11. The Kier molecular flexibility index (Phi) is 25.6. The van der Waals surface area contributed by atoms with Crippen molar-refractivity contribution in [2.24, 2.45) is 0 Å². The molecule has 16 heteroatoms. The fraction of sp³-hybridized carbons (Fsp3) is 0.618. The SMILES string of the molecule is O=C(OCCOCCOCCOCCOCCOCCOCCOCCOCCOCCBr)c1ccccc1Nc1cccc(C(F)(F)F)c1. The summed E-state index contributed by atoms with van der Waals surface area (Å²) in [6.07, 6.45) is -4.48. The third-order valence-corrected chi connectivity index (χ3v) is 6.60. The van der Waals surface area contributed by atoms with E-state index in [-0.39, 0.29) is 24.5 Å². The number of benzene rings is 2. The summed E-state index contributed by atoms with van der Waals surface area (Å²) < 4.78 is 93.1. The smallest absolute Gasteiger partial charge is 0.416 e. The number of hydrogen-bond donors (Lipinski definition) is 1. The molecule has 0 aliphatic heterocycles. The van der Waals surface area contributed by atoms with Crippen molar-refractivity contribution < 1.29 is 65.3 Å². The lowest BCUT2D eigenvalue weighted by molar-refractivity contribution is -0.137. The monoisotopic (exact) mass is 783 g/mol. The van der Waals surface area contributed by atoms with E-state index in [0.717, 1.165) is 17.5 Å². The minimum atomic E-state index is -4.48. The zero-order valence-electron chi connectivity index (χ0n) is 28.3. The molecule has 1 N–H and O–H groups in total. The number of esters is 1. The second kappa shape index (κ2) is 29.2. The molecule has 0 aliphatic rings. The number of halogens is 4. The Labute approximate surface area is 300 Å². The van der Waals surface area contributed by atoms with E-state index >= 15 is 0 Å². The maximum absolute atomic E-state index is 13.0. The van der Waals surface area contributed by atoms with Crippen LogP contribution in [0.25, 0.3) is 0 Å². The zero-order chi connectivity index (χ0) is 36.0. The number of para-hydroxylation sites is 1. The average molecular weight is 785 g/mol. The maximum Gasteiger partial charge on any atom is 0.416 e. The van der Waals surface area contributed by atoms with E-state index < -0.39 is 17.7 Å². The predicted octanol–water partition coefficient (Wildman–Crippen LogP) is 5.15. The molecule has 0 heterocycles. The van der Waals surface area contributed by atoms with Gasteiger partial charge in [-0.25, -0.2) is 4.79 Å². The highest BCUT2D eigenvalue weighted by molar-refractivity contribution is 9.09. The number of alkyl halides is 4. The van der Waals surface area contributed by atoms with Gasteiger partial charge in [-0.15, -0.1) is 0 Å². The number of nitrogens with one attached hydrogen (secondary N) is 1. The molecule has 284 valence electrons. The van der Waals surface area contributed by atoms with Gasteiger partial charge in [0.25, 0.3) is 0 Å². The quantitative estimate of drug-likeness (QED) is 0.0601. The van der Waals surface area contributed by atoms with Crippen LogP contribution in [0.2, 0.25) is 0 Å². The first-order valence-corrected chi connectivity index (χ1v) is 17.5. The lowest BCUT2D eigenvalue weighted by atomic mass is 10.1. The van der Waals surface area contributed by atoms with Gasteiger partial charge < -0.3 is 52.7 Å². The molecule has 2 rings (SSSR count). The maximum atomic E-state index is 13.0.